The smallest absolute Gasteiger partial charge is 0.137 e. The molecule has 0 aliphatic heterocycles. The van der Waals surface area contributed by atoms with Gasteiger partial charge in [-0.05, 0) is 49.3 Å². The van der Waals surface area contributed by atoms with Crippen LogP contribution in [0.3, 0.4) is 0 Å². The van der Waals surface area contributed by atoms with Gasteiger partial charge in [-0.15, -0.1) is 0 Å². The third kappa shape index (κ3) is 1.44. The highest BCUT2D eigenvalue weighted by atomic mass is 15.0. The third-order valence-corrected chi connectivity index (χ3v) is 3.58. The molecule has 0 aromatic carbocycles. The van der Waals surface area contributed by atoms with E-state index < -0.39 is 0 Å². The maximum atomic E-state index is 4.76. The van der Waals surface area contributed by atoms with E-state index in [1.807, 2.05) is 0 Å². The molecule has 0 saturated heterocycles. The van der Waals surface area contributed by atoms with Crippen molar-refractivity contribution >= 4 is 5.65 Å². The van der Waals surface area contributed by atoms with Gasteiger partial charge in [0.15, 0.2) is 0 Å². The van der Waals surface area contributed by atoms with Crippen LogP contribution < -0.4 is 0 Å². The topological polar surface area (TPSA) is 17.3 Å². The van der Waals surface area contributed by atoms with E-state index >= 15 is 0 Å². The number of hydrogen-bond acceptors (Lipinski definition) is 1. The Labute approximate surface area is 96.3 Å². The first kappa shape index (κ1) is 9.88. The number of imidazole rings is 1. The SMILES string of the molecule is CC(C)c1ccn2c3c(nc2c1)CCCC3. The van der Waals surface area contributed by atoms with Crippen molar-refractivity contribution in [1.82, 2.24) is 9.38 Å². The summed E-state index contributed by atoms with van der Waals surface area (Å²) in [4.78, 5) is 4.76. The second kappa shape index (κ2) is 3.62. The molecule has 0 radical (unpaired) electrons. The summed E-state index contributed by atoms with van der Waals surface area (Å²) in [5.41, 5.74) is 5.29. The van der Waals surface area contributed by atoms with E-state index in [1.54, 1.807) is 0 Å². The number of pyridine rings is 1. The van der Waals surface area contributed by atoms with Crippen LogP contribution in [0.4, 0.5) is 0 Å². The van der Waals surface area contributed by atoms with E-state index in [0.717, 1.165) is 12.1 Å². The summed E-state index contributed by atoms with van der Waals surface area (Å²) in [6, 6.07) is 4.47. The van der Waals surface area contributed by atoms with Gasteiger partial charge in [-0.2, -0.15) is 0 Å². The van der Waals surface area contributed by atoms with Crippen molar-refractivity contribution in [2.75, 3.05) is 0 Å². The molecular weight excluding hydrogens is 196 g/mol. The minimum atomic E-state index is 0.582. The van der Waals surface area contributed by atoms with Crippen molar-refractivity contribution in [2.24, 2.45) is 0 Å². The van der Waals surface area contributed by atoms with Crippen LogP contribution in [0.5, 0.6) is 0 Å². The molecule has 0 fully saturated rings. The van der Waals surface area contributed by atoms with E-state index in [-0.39, 0.29) is 0 Å². The number of rotatable bonds is 1. The first-order valence-electron chi connectivity index (χ1n) is 6.25. The Bertz CT molecular complexity index is 523. The Morgan fingerprint density at radius 2 is 2.06 bits per heavy atom. The minimum Gasteiger partial charge on any atom is -0.304 e. The molecule has 84 valence electrons. The zero-order valence-corrected chi connectivity index (χ0v) is 10.0. The number of aryl methyl sites for hydroxylation is 2. The second-order valence-electron chi connectivity index (χ2n) is 5.06. The van der Waals surface area contributed by atoms with Gasteiger partial charge in [0.1, 0.15) is 5.65 Å². The quantitative estimate of drug-likeness (QED) is 0.711. The molecule has 0 unspecified atom stereocenters. The third-order valence-electron chi connectivity index (χ3n) is 3.58. The van der Waals surface area contributed by atoms with Crippen LogP contribution in [0.15, 0.2) is 18.3 Å². The maximum absolute atomic E-state index is 4.76. The molecule has 2 nitrogen and oxygen atoms in total. The molecule has 3 rings (SSSR count). The van der Waals surface area contributed by atoms with Crippen LogP contribution >= 0.6 is 0 Å². The monoisotopic (exact) mass is 214 g/mol. The lowest BCUT2D eigenvalue weighted by atomic mass is 10.0. The van der Waals surface area contributed by atoms with E-state index in [4.69, 9.17) is 4.98 Å². The van der Waals surface area contributed by atoms with Gasteiger partial charge in [0.05, 0.1) is 5.69 Å². The predicted octanol–water partition coefficient (Wildman–Crippen LogP) is 3.34. The van der Waals surface area contributed by atoms with Crippen molar-refractivity contribution in [3.63, 3.8) is 0 Å². The molecule has 16 heavy (non-hydrogen) atoms. The molecule has 0 amide bonds. The Morgan fingerprint density at radius 1 is 1.25 bits per heavy atom. The van der Waals surface area contributed by atoms with Crippen LogP contribution in [-0.2, 0) is 12.8 Å². The molecule has 1 aliphatic carbocycles. The molecular formula is C14H18N2. The molecule has 2 heteroatoms. The highest BCUT2D eigenvalue weighted by Crippen LogP contribution is 2.24. The Balaban J connectivity index is 2.19. The molecule has 0 spiro atoms. The first-order chi connectivity index (χ1) is 7.75. The Morgan fingerprint density at radius 3 is 2.88 bits per heavy atom. The number of nitrogens with zero attached hydrogens (tertiary/aromatic N) is 2. The highest BCUT2D eigenvalue weighted by Gasteiger charge is 2.16. The second-order valence-corrected chi connectivity index (χ2v) is 5.06. The molecule has 0 atom stereocenters. The van der Waals surface area contributed by atoms with Crippen LogP contribution in [-0.4, -0.2) is 9.38 Å². The van der Waals surface area contributed by atoms with E-state index in [2.05, 4.69) is 36.6 Å². The van der Waals surface area contributed by atoms with Crippen molar-refractivity contribution < 1.29 is 0 Å². The summed E-state index contributed by atoms with van der Waals surface area (Å²) in [5.74, 6) is 0.582. The summed E-state index contributed by atoms with van der Waals surface area (Å²) in [5, 5.41) is 0. The summed E-state index contributed by atoms with van der Waals surface area (Å²) >= 11 is 0. The van der Waals surface area contributed by atoms with Gasteiger partial charge in [-0.1, -0.05) is 13.8 Å². The lowest BCUT2D eigenvalue weighted by Gasteiger charge is -2.10. The zero-order chi connectivity index (χ0) is 11.1. The molecule has 1 aliphatic rings. The van der Waals surface area contributed by atoms with E-state index in [1.165, 1.54) is 36.2 Å². The fourth-order valence-corrected chi connectivity index (χ4v) is 2.57. The maximum Gasteiger partial charge on any atom is 0.137 e. The molecule has 2 heterocycles. The minimum absolute atomic E-state index is 0.582. The largest absolute Gasteiger partial charge is 0.304 e. The van der Waals surface area contributed by atoms with E-state index in [0.29, 0.717) is 5.92 Å². The molecule has 0 N–H and O–H groups in total. The normalized spacial score (nSPS) is 15.7. The zero-order valence-electron chi connectivity index (χ0n) is 10.0. The lowest BCUT2D eigenvalue weighted by molar-refractivity contribution is 0.660. The van der Waals surface area contributed by atoms with Crippen molar-refractivity contribution in [3.8, 4) is 0 Å². The average Bonchev–Trinajstić information content (AvgIpc) is 2.66. The molecule has 0 bridgehead atoms. The summed E-state index contributed by atoms with van der Waals surface area (Å²) in [6.07, 6.45) is 7.16. The fourth-order valence-electron chi connectivity index (χ4n) is 2.57. The van der Waals surface area contributed by atoms with Gasteiger partial charge >= 0.3 is 0 Å². The van der Waals surface area contributed by atoms with Crippen LogP contribution in [0.2, 0.25) is 0 Å². The summed E-state index contributed by atoms with van der Waals surface area (Å²) in [6.45, 7) is 4.46. The van der Waals surface area contributed by atoms with Crippen LogP contribution in [0.25, 0.3) is 5.65 Å². The van der Waals surface area contributed by atoms with Crippen LogP contribution in [0, 0.1) is 0 Å². The number of hydrogen-bond donors (Lipinski definition) is 0. The van der Waals surface area contributed by atoms with Crippen molar-refractivity contribution in [1.29, 1.82) is 0 Å². The van der Waals surface area contributed by atoms with Gasteiger partial charge in [-0.3, -0.25) is 0 Å². The highest BCUT2D eigenvalue weighted by molar-refractivity contribution is 5.47. The van der Waals surface area contributed by atoms with Gasteiger partial charge in [0.2, 0.25) is 0 Å². The van der Waals surface area contributed by atoms with Gasteiger partial charge < -0.3 is 4.40 Å². The Hall–Kier alpha value is -1.31. The number of fused-ring (bicyclic) bond motifs is 3. The predicted molar refractivity (Wildman–Crippen MR) is 65.9 cm³/mol. The van der Waals surface area contributed by atoms with E-state index in [9.17, 15) is 0 Å². The molecule has 0 saturated carbocycles. The standard InChI is InChI=1S/C14H18N2/c1-10(2)11-7-8-16-13-6-4-3-5-12(13)15-14(16)9-11/h7-10H,3-6H2,1-2H3. The van der Waals surface area contributed by atoms with Gasteiger partial charge in [0.25, 0.3) is 0 Å². The average molecular weight is 214 g/mol. The van der Waals surface area contributed by atoms with Crippen molar-refractivity contribution in [2.45, 2.75) is 45.4 Å². The fraction of sp³-hybridized carbons (Fsp3) is 0.500. The molecule has 2 aromatic rings. The number of aromatic nitrogens is 2. The van der Waals surface area contributed by atoms with Gasteiger partial charge in [0, 0.05) is 11.9 Å². The Kier molecular flexibility index (Phi) is 2.23. The lowest BCUT2D eigenvalue weighted by Crippen LogP contribution is -2.03. The summed E-state index contributed by atoms with van der Waals surface area (Å²) < 4.78 is 2.28. The van der Waals surface area contributed by atoms with Crippen LogP contribution in [0.1, 0.15) is 49.6 Å². The summed E-state index contributed by atoms with van der Waals surface area (Å²) in [7, 11) is 0. The van der Waals surface area contributed by atoms with Crippen molar-refractivity contribution in [3.05, 3.63) is 35.3 Å². The first-order valence-corrected chi connectivity index (χ1v) is 6.25. The van der Waals surface area contributed by atoms with Gasteiger partial charge in [-0.25, -0.2) is 4.98 Å². The molecule has 2 aromatic heterocycles.